The molecule has 6 heteroatoms. The summed E-state index contributed by atoms with van der Waals surface area (Å²) in [5, 5.41) is 10.9. The van der Waals surface area contributed by atoms with Crippen molar-refractivity contribution in [2.45, 2.75) is 44.3 Å². The number of hydrogen-bond donors (Lipinski definition) is 2. The second-order valence-corrected chi connectivity index (χ2v) is 6.53. The number of carbonyl (C=O) groups is 1. The van der Waals surface area contributed by atoms with Gasteiger partial charge in [0.05, 0.1) is 18.3 Å². The standard InChI is InChI=1S/C18H22N4O.ClH/c1-22-17-8-4-7-15(14(17)11-20-22)21-18(23)16-9-12-5-2-3-6-13(12)10-19-16;/h2-3,5-6,11,15-16,19H,4,7-10H2,1H3,(H,21,23);1H. The highest BCUT2D eigenvalue weighted by atomic mass is 35.5. The molecule has 0 fully saturated rings. The Morgan fingerprint density at radius 2 is 2.12 bits per heavy atom. The number of halogens is 1. The van der Waals surface area contributed by atoms with Crippen molar-refractivity contribution in [2.24, 2.45) is 7.05 Å². The number of benzene rings is 1. The summed E-state index contributed by atoms with van der Waals surface area (Å²) in [6, 6.07) is 8.29. The van der Waals surface area contributed by atoms with E-state index in [1.807, 2.05) is 30.1 Å². The number of rotatable bonds is 2. The fraction of sp³-hybridized carbons (Fsp3) is 0.444. The van der Waals surface area contributed by atoms with E-state index in [0.29, 0.717) is 0 Å². The maximum atomic E-state index is 12.7. The molecule has 0 saturated carbocycles. The highest BCUT2D eigenvalue weighted by Gasteiger charge is 2.29. The van der Waals surface area contributed by atoms with Crippen LogP contribution in [0.2, 0.25) is 0 Å². The Balaban J connectivity index is 0.00000169. The molecule has 1 aromatic heterocycles. The molecule has 2 atom stereocenters. The molecule has 2 N–H and O–H groups in total. The lowest BCUT2D eigenvalue weighted by atomic mass is 9.91. The fourth-order valence-electron chi connectivity index (χ4n) is 3.77. The van der Waals surface area contributed by atoms with Gasteiger partial charge in [0, 0.05) is 24.8 Å². The van der Waals surface area contributed by atoms with E-state index in [2.05, 4.69) is 27.9 Å². The average Bonchev–Trinajstić information content (AvgIpc) is 2.97. The van der Waals surface area contributed by atoms with E-state index in [9.17, 15) is 4.79 Å². The Morgan fingerprint density at radius 1 is 1.33 bits per heavy atom. The van der Waals surface area contributed by atoms with Crippen molar-refractivity contribution in [3.63, 3.8) is 0 Å². The van der Waals surface area contributed by atoms with Gasteiger partial charge in [-0.15, -0.1) is 12.4 Å². The van der Waals surface area contributed by atoms with Gasteiger partial charge < -0.3 is 10.6 Å². The Morgan fingerprint density at radius 3 is 2.96 bits per heavy atom. The van der Waals surface area contributed by atoms with Crippen LogP contribution in [0.4, 0.5) is 0 Å². The van der Waals surface area contributed by atoms with Crippen LogP contribution in [0.3, 0.4) is 0 Å². The number of aryl methyl sites for hydroxylation is 1. The predicted octanol–water partition coefficient (Wildman–Crippen LogP) is 2.05. The highest BCUT2D eigenvalue weighted by molar-refractivity contribution is 5.85. The summed E-state index contributed by atoms with van der Waals surface area (Å²) < 4.78 is 1.93. The zero-order chi connectivity index (χ0) is 15.8. The average molecular weight is 347 g/mol. The minimum atomic E-state index is -0.146. The van der Waals surface area contributed by atoms with E-state index in [1.54, 1.807) is 0 Å². The van der Waals surface area contributed by atoms with Crippen LogP contribution in [0.5, 0.6) is 0 Å². The molecule has 1 amide bonds. The molecule has 0 saturated heterocycles. The smallest absolute Gasteiger partial charge is 0.237 e. The van der Waals surface area contributed by atoms with Crippen LogP contribution in [-0.4, -0.2) is 21.7 Å². The minimum absolute atomic E-state index is 0. The van der Waals surface area contributed by atoms with Gasteiger partial charge >= 0.3 is 0 Å². The topological polar surface area (TPSA) is 59.0 Å². The van der Waals surface area contributed by atoms with Crippen molar-refractivity contribution in [2.75, 3.05) is 0 Å². The summed E-state index contributed by atoms with van der Waals surface area (Å²) in [7, 11) is 1.97. The van der Waals surface area contributed by atoms with Gasteiger partial charge in [0.25, 0.3) is 0 Å². The normalized spacial score (nSPS) is 22.0. The SMILES string of the molecule is Cl.Cn1ncc2c1CCCC2NC(=O)C1Cc2ccccc2CN1. The number of nitrogens with one attached hydrogen (secondary N) is 2. The molecule has 2 heterocycles. The van der Waals surface area contributed by atoms with E-state index >= 15 is 0 Å². The second kappa shape index (κ2) is 6.95. The van der Waals surface area contributed by atoms with E-state index in [1.165, 1.54) is 22.4 Å². The molecule has 5 nitrogen and oxygen atoms in total. The molecular weight excluding hydrogens is 324 g/mol. The molecule has 2 aliphatic rings. The van der Waals surface area contributed by atoms with Crippen LogP contribution < -0.4 is 10.6 Å². The van der Waals surface area contributed by atoms with Gasteiger partial charge in [0.15, 0.2) is 0 Å². The number of nitrogens with zero attached hydrogens (tertiary/aromatic N) is 2. The molecule has 4 rings (SSSR count). The lowest BCUT2D eigenvalue weighted by Gasteiger charge is -2.29. The van der Waals surface area contributed by atoms with Gasteiger partial charge in [-0.3, -0.25) is 9.48 Å². The van der Waals surface area contributed by atoms with Crippen LogP contribution in [0.25, 0.3) is 0 Å². The van der Waals surface area contributed by atoms with Crippen molar-refractivity contribution in [1.82, 2.24) is 20.4 Å². The zero-order valence-electron chi connectivity index (χ0n) is 13.8. The molecule has 128 valence electrons. The van der Waals surface area contributed by atoms with Crippen molar-refractivity contribution < 1.29 is 4.79 Å². The zero-order valence-corrected chi connectivity index (χ0v) is 14.6. The van der Waals surface area contributed by atoms with Gasteiger partial charge in [0.2, 0.25) is 5.91 Å². The molecule has 24 heavy (non-hydrogen) atoms. The highest BCUT2D eigenvalue weighted by Crippen LogP contribution is 2.29. The Kier molecular flexibility index (Phi) is 4.92. The molecule has 0 radical (unpaired) electrons. The monoisotopic (exact) mass is 346 g/mol. The first kappa shape index (κ1) is 17.0. The Labute approximate surface area is 148 Å². The van der Waals surface area contributed by atoms with Crippen molar-refractivity contribution in [3.05, 3.63) is 52.8 Å². The quantitative estimate of drug-likeness (QED) is 0.875. The maximum absolute atomic E-state index is 12.7. The third-order valence-electron chi connectivity index (χ3n) is 5.09. The van der Waals surface area contributed by atoms with Gasteiger partial charge in [-0.25, -0.2) is 0 Å². The third kappa shape index (κ3) is 3.06. The summed E-state index contributed by atoms with van der Waals surface area (Å²) in [5.74, 6) is 0.0983. The van der Waals surface area contributed by atoms with Gasteiger partial charge in [-0.2, -0.15) is 5.10 Å². The van der Waals surface area contributed by atoms with Crippen LogP contribution in [-0.2, 0) is 31.2 Å². The minimum Gasteiger partial charge on any atom is -0.348 e. The van der Waals surface area contributed by atoms with Gasteiger partial charge in [-0.05, 0) is 36.8 Å². The third-order valence-corrected chi connectivity index (χ3v) is 5.09. The van der Waals surface area contributed by atoms with Crippen LogP contribution in [0.1, 0.15) is 41.3 Å². The summed E-state index contributed by atoms with van der Waals surface area (Å²) in [4.78, 5) is 12.7. The Bertz CT molecular complexity index is 742. The van der Waals surface area contributed by atoms with Crippen molar-refractivity contribution >= 4 is 18.3 Å². The van der Waals surface area contributed by atoms with Crippen LogP contribution >= 0.6 is 12.4 Å². The number of amides is 1. The number of fused-ring (bicyclic) bond motifs is 2. The number of carbonyl (C=O) groups excluding carboxylic acids is 1. The predicted molar refractivity (Wildman–Crippen MR) is 95.1 cm³/mol. The summed E-state index contributed by atoms with van der Waals surface area (Å²) >= 11 is 0. The van der Waals surface area contributed by atoms with Crippen LogP contribution in [0.15, 0.2) is 30.5 Å². The molecule has 0 spiro atoms. The largest absolute Gasteiger partial charge is 0.348 e. The first-order valence-electron chi connectivity index (χ1n) is 8.33. The molecular formula is C18H23ClN4O. The van der Waals surface area contributed by atoms with E-state index < -0.39 is 0 Å². The summed E-state index contributed by atoms with van der Waals surface area (Å²) in [6.45, 7) is 0.761. The lowest BCUT2D eigenvalue weighted by Crippen LogP contribution is -2.48. The first-order chi connectivity index (χ1) is 11.2. The molecule has 1 aliphatic heterocycles. The van der Waals surface area contributed by atoms with E-state index in [0.717, 1.165) is 32.2 Å². The molecule has 2 aromatic rings. The summed E-state index contributed by atoms with van der Waals surface area (Å²) in [5.41, 5.74) is 5.01. The second-order valence-electron chi connectivity index (χ2n) is 6.53. The van der Waals surface area contributed by atoms with E-state index in [4.69, 9.17) is 0 Å². The molecule has 0 bridgehead atoms. The van der Waals surface area contributed by atoms with Gasteiger partial charge in [0.1, 0.15) is 0 Å². The van der Waals surface area contributed by atoms with Gasteiger partial charge in [-0.1, -0.05) is 24.3 Å². The summed E-state index contributed by atoms with van der Waals surface area (Å²) in [6.07, 6.45) is 5.80. The molecule has 2 unspecified atom stereocenters. The van der Waals surface area contributed by atoms with E-state index in [-0.39, 0.29) is 30.4 Å². The molecule has 1 aromatic carbocycles. The molecule has 1 aliphatic carbocycles. The fourth-order valence-corrected chi connectivity index (χ4v) is 3.77. The Hall–Kier alpha value is -1.85. The maximum Gasteiger partial charge on any atom is 0.237 e. The van der Waals surface area contributed by atoms with Crippen LogP contribution in [0, 0.1) is 0 Å². The number of aromatic nitrogens is 2. The van der Waals surface area contributed by atoms with Crippen molar-refractivity contribution in [3.8, 4) is 0 Å². The first-order valence-corrected chi connectivity index (χ1v) is 8.33. The number of hydrogen-bond acceptors (Lipinski definition) is 3. The lowest BCUT2D eigenvalue weighted by molar-refractivity contribution is -0.124. The van der Waals surface area contributed by atoms with Crippen molar-refractivity contribution in [1.29, 1.82) is 0 Å².